The van der Waals surface area contributed by atoms with Crippen molar-refractivity contribution in [2.45, 2.75) is 57.4 Å². The first-order chi connectivity index (χ1) is 9.88. The van der Waals surface area contributed by atoms with Crippen molar-refractivity contribution in [2.24, 2.45) is 0 Å². The Morgan fingerprint density at radius 1 is 1.25 bits per heavy atom. The molecule has 0 amide bonds. The van der Waals surface area contributed by atoms with E-state index in [2.05, 4.69) is 22.3 Å². The van der Waals surface area contributed by atoms with Gasteiger partial charge in [0.1, 0.15) is 0 Å². The van der Waals surface area contributed by atoms with Crippen molar-refractivity contribution < 1.29 is 4.52 Å². The summed E-state index contributed by atoms with van der Waals surface area (Å²) < 4.78 is 5.57. The smallest absolute Gasteiger partial charge is 0.229 e. The quantitative estimate of drug-likeness (QED) is 0.917. The Morgan fingerprint density at radius 3 is 2.70 bits per heavy atom. The van der Waals surface area contributed by atoms with Gasteiger partial charge in [-0.3, -0.25) is 4.90 Å². The molecule has 0 spiro atoms. The lowest BCUT2D eigenvalue weighted by Crippen LogP contribution is -2.45. The van der Waals surface area contributed by atoms with Crippen LogP contribution in [0.2, 0.25) is 0 Å². The van der Waals surface area contributed by atoms with E-state index in [0.717, 1.165) is 44.3 Å². The maximum absolute atomic E-state index is 5.57. The molecule has 2 fully saturated rings. The van der Waals surface area contributed by atoms with E-state index in [1.807, 2.05) is 0 Å². The fourth-order valence-corrected chi connectivity index (χ4v) is 3.50. The molecule has 1 atom stereocenters. The van der Waals surface area contributed by atoms with E-state index < -0.39 is 0 Å². The Balaban J connectivity index is 1.70. The van der Waals surface area contributed by atoms with E-state index in [1.165, 1.54) is 32.1 Å². The van der Waals surface area contributed by atoms with Crippen LogP contribution in [0.1, 0.15) is 69.1 Å². The van der Waals surface area contributed by atoms with Gasteiger partial charge in [-0.1, -0.05) is 31.3 Å². The van der Waals surface area contributed by atoms with Crippen molar-refractivity contribution in [1.82, 2.24) is 20.4 Å². The number of rotatable bonds is 4. The molecule has 1 unspecified atom stereocenters. The summed E-state index contributed by atoms with van der Waals surface area (Å²) in [5.74, 6) is 2.29. The first kappa shape index (κ1) is 14.0. The van der Waals surface area contributed by atoms with E-state index in [9.17, 15) is 0 Å². The zero-order valence-electron chi connectivity index (χ0n) is 12.5. The highest BCUT2D eigenvalue weighted by atomic mass is 16.5. The molecule has 2 heterocycles. The van der Waals surface area contributed by atoms with Crippen LogP contribution in [0.15, 0.2) is 4.52 Å². The van der Waals surface area contributed by atoms with Crippen LogP contribution in [0.3, 0.4) is 0 Å². The number of aromatic nitrogens is 2. The third-order valence-electron chi connectivity index (χ3n) is 4.69. The van der Waals surface area contributed by atoms with Crippen molar-refractivity contribution in [1.29, 1.82) is 0 Å². The summed E-state index contributed by atoms with van der Waals surface area (Å²) in [6, 6.07) is 0.318. The normalized spacial score (nSPS) is 23.9. The number of nitrogens with zero attached hydrogens (tertiary/aromatic N) is 3. The summed E-state index contributed by atoms with van der Waals surface area (Å²) in [4.78, 5) is 7.22. The predicted octanol–water partition coefficient (Wildman–Crippen LogP) is 2.47. The van der Waals surface area contributed by atoms with E-state index in [0.29, 0.717) is 12.0 Å². The van der Waals surface area contributed by atoms with Gasteiger partial charge >= 0.3 is 0 Å². The second-order valence-corrected chi connectivity index (χ2v) is 6.04. The summed E-state index contributed by atoms with van der Waals surface area (Å²) in [7, 11) is 0. The van der Waals surface area contributed by atoms with Gasteiger partial charge in [0.05, 0.1) is 6.04 Å². The molecule has 1 N–H and O–H groups in total. The zero-order chi connectivity index (χ0) is 13.8. The van der Waals surface area contributed by atoms with E-state index in [-0.39, 0.29) is 0 Å². The lowest BCUT2D eigenvalue weighted by Gasteiger charge is -2.32. The molecule has 5 nitrogen and oxygen atoms in total. The molecule has 0 bridgehead atoms. The van der Waals surface area contributed by atoms with Gasteiger partial charge in [0.15, 0.2) is 5.82 Å². The minimum absolute atomic E-state index is 0.318. The summed E-state index contributed by atoms with van der Waals surface area (Å²) in [6.45, 7) is 6.48. The number of hydrogen-bond acceptors (Lipinski definition) is 5. The van der Waals surface area contributed by atoms with Crippen LogP contribution in [-0.4, -0.2) is 41.2 Å². The van der Waals surface area contributed by atoms with Gasteiger partial charge in [0.2, 0.25) is 5.89 Å². The molecule has 1 saturated carbocycles. The number of hydrogen-bond donors (Lipinski definition) is 1. The minimum Gasteiger partial charge on any atom is -0.339 e. The summed E-state index contributed by atoms with van der Waals surface area (Å²) in [5.41, 5.74) is 0. The van der Waals surface area contributed by atoms with E-state index in [1.54, 1.807) is 0 Å². The van der Waals surface area contributed by atoms with Crippen LogP contribution in [0.25, 0.3) is 0 Å². The fraction of sp³-hybridized carbons (Fsp3) is 0.867. The van der Waals surface area contributed by atoms with Crippen molar-refractivity contribution in [2.75, 3.05) is 26.2 Å². The van der Waals surface area contributed by atoms with Gasteiger partial charge in [-0.05, 0) is 19.3 Å². The molecule has 0 aromatic carbocycles. The van der Waals surface area contributed by atoms with Crippen molar-refractivity contribution in [3.05, 3.63) is 11.7 Å². The molecule has 112 valence electrons. The standard InChI is InChI=1S/C15H26N4O/c1-2-13(19-10-8-16-9-11-19)14-17-15(20-18-14)12-6-4-3-5-7-12/h12-13,16H,2-11H2,1H3. The summed E-state index contributed by atoms with van der Waals surface area (Å²) in [5, 5.41) is 7.69. The molecule has 20 heavy (non-hydrogen) atoms. The Bertz CT molecular complexity index is 408. The Morgan fingerprint density at radius 2 is 2.00 bits per heavy atom. The molecule has 3 rings (SSSR count). The average molecular weight is 278 g/mol. The summed E-state index contributed by atoms with van der Waals surface area (Å²) >= 11 is 0. The molecule has 1 aliphatic carbocycles. The highest BCUT2D eigenvalue weighted by molar-refractivity contribution is 5.00. The second-order valence-electron chi connectivity index (χ2n) is 6.04. The number of piperazine rings is 1. The SMILES string of the molecule is CCC(c1noc(C2CCCCC2)n1)N1CCNCC1. The highest BCUT2D eigenvalue weighted by Gasteiger charge is 2.27. The Kier molecular flexibility index (Phi) is 4.68. The number of nitrogens with one attached hydrogen (secondary N) is 1. The average Bonchev–Trinajstić information content (AvgIpc) is 3.00. The lowest BCUT2D eigenvalue weighted by atomic mass is 9.89. The van der Waals surface area contributed by atoms with Crippen LogP contribution >= 0.6 is 0 Å². The first-order valence-corrected chi connectivity index (χ1v) is 8.16. The maximum atomic E-state index is 5.57. The molecular weight excluding hydrogens is 252 g/mol. The monoisotopic (exact) mass is 278 g/mol. The van der Waals surface area contributed by atoms with Crippen LogP contribution < -0.4 is 5.32 Å². The van der Waals surface area contributed by atoms with Crippen LogP contribution in [0.5, 0.6) is 0 Å². The van der Waals surface area contributed by atoms with E-state index in [4.69, 9.17) is 9.51 Å². The Labute approximate surface area is 121 Å². The lowest BCUT2D eigenvalue weighted by molar-refractivity contribution is 0.160. The zero-order valence-corrected chi connectivity index (χ0v) is 12.5. The molecule has 1 saturated heterocycles. The minimum atomic E-state index is 0.318. The van der Waals surface area contributed by atoms with E-state index >= 15 is 0 Å². The maximum Gasteiger partial charge on any atom is 0.229 e. The fourth-order valence-electron chi connectivity index (χ4n) is 3.50. The van der Waals surface area contributed by atoms with Gasteiger partial charge in [0.25, 0.3) is 0 Å². The van der Waals surface area contributed by atoms with Crippen LogP contribution in [-0.2, 0) is 0 Å². The second kappa shape index (κ2) is 6.68. The molecule has 0 radical (unpaired) electrons. The van der Waals surface area contributed by atoms with Crippen molar-refractivity contribution in [3.8, 4) is 0 Å². The van der Waals surface area contributed by atoms with Gasteiger partial charge in [0, 0.05) is 32.1 Å². The highest BCUT2D eigenvalue weighted by Crippen LogP contribution is 2.32. The van der Waals surface area contributed by atoms with Crippen LogP contribution in [0.4, 0.5) is 0 Å². The van der Waals surface area contributed by atoms with Crippen molar-refractivity contribution in [3.63, 3.8) is 0 Å². The molecular formula is C15H26N4O. The van der Waals surface area contributed by atoms with Gasteiger partial charge in [-0.25, -0.2) is 0 Å². The largest absolute Gasteiger partial charge is 0.339 e. The topological polar surface area (TPSA) is 54.2 Å². The molecule has 2 aliphatic rings. The molecule has 5 heteroatoms. The Hall–Kier alpha value is -0.940. The van der Waals surface area contributed by atoms with Gasteiger partial charge in [-0.2, -0.15) is 4.98 Å². The predicted molar refractivity (Wildman–Crippen MR) is 77.6 cm³/mol. The molecule has 1 aromatic rings. The van der Waals surface area contributed by atoms with Gasteiger partial charge in [-0.15, -0.1) is 0 Å². The molecule has 1 aromatic heterocycles. The van der Waals surface area contributed by atoms with Crippen LogP contribution in [0, 0.1) is 0 Å². The van der Waals surface area contributed by atoms with Crippen molar-refractivity contribution >= 4 is 0 Å². The third kappa shape index (κ3) is 3.04. The molecule has 1 aliphatic heterocycles. The summed E-state index contributed by atoms with van der Waals surface area (Å²) in [6.07, 6.45) is 7.44. The first-order valence-electron chi connectivity index (χ1n) is 8.16. The third-order valence-corrected chi connectivity index (χ3v) is 4.69. The van der Waals surface area contributed by atoms with Gasteiger partial charge < -0.3 is 9.84 Å².